The minimum absolute atomic E-state index is 0. The number of aliphatic carboxylic acids is 1. The Morgan fingerprint density at radius 3 is 2.18 bits per heavy atom. The molecule has 0 spiro atoms. The van der Waals surface area contributed by atoms with Crippen LogP contribution in [0.2, 0.25) is 0 Å². The van der Waals surface area contributed by atoms with Gasteiger partial charge in [0.05, 0.1) is 0 Å². The van der Waals surface area contributed by atoms with Gasteiger partial charge in [0, 0.05) is 6.42 Å². The molecule has 0 aliphatic carbocycles. The molecule has 0 rings (SSSR count). The van der Waals surface area contributed by atoms with Gasteiger partial charge in [0.25, 0.3) is 0 Å². The summed E-state index contributed by atoms with van der Waals surface area (Å²) < 4.78 is 0. The van der Waals surface area contributed by atoms with Crippen LogP contribution in [0, 0.1) is 0 Å². The zero-order valence-corrected chi connectivity index (χ0v) is 6.60. The average molecular weight is 168 g/mol. The molecule has 3 heteroatoms. The van der Waals surface area contributed by atoms with Gasteiger partial charge in [-0.1, -0.05) is 32.6 Å². The Morgan fingerprint density at radius 1 is 1.18 bits per heavy atom. The Balaban J connectivity index is 0. The van der Waals surface area contributed by atoms with Gasteiger partial charge in [0.15, 0.2) is 0 Å². The molecule has 0 unspecified atom stereocenters. The van der Waals surface area contributed by atoms with Crippen molar-refractivity contribution >= 4 is 35.5 Å². The molecule has 0 saturated carbocycles. The van der Waals surface area contributed by atoms with Crippen molar-refractivity contribution in [3.05, 3.63) is 0 Å². The Morgan fingerprint density at radius 2 is 1.73 bits per heavy atom. The molecule has 0 amide bonds. The van der Waals surface area contributed by atoms with Gasteiger partial charge >= 0.3 is 35.5 Å². The predicted octanol–water partition coefficient (Wildman–Crippen LogP) is 1.78. The van der Waals surface area contributed by atoms with Crippen LogP contribution < -0.4 is 0 Å². The number of carboxylic acid groups (broad SMARTS) is 1. The molecule has 62 valence electrons. The molecule has 0 bridgehead atoms. The van der Waals surface area contributed by atoms with Crippen LogP contribution in [-0.4, -0.2) is 40.6 Å². The van der Waals surface area contributed by atoms with Gasteiger partial charge in [-0.3, -0.25) is 4.79 Å². The van der Waals surface area contributed by atoms with Gasteiger partial charge in [0.2, 0.25) is 0 Å². The molecule has 0 aromatic rings. The molecule has 0 aliphatic rings. The molecule has 0 aromatic heterocycles. The van der Waals surface area contributed by atoms with E-state index in [0.29, 0.717) is 6.42 Å². The molecule has 11 heavy (non-hydrogen) atoms. The fourth-order valence-electron chi connectivity index (χ4n) is 0.880. The third-order valence-corrected chi connectivity index (χ3v) is 1.49. The molecule has 0 atom stereocenters. The summed E-state index contributed by atoms with van der Waals surface area (Å²) in [6.07, 6.45) is 5.88. The monoisotopic (exact) mass is 168 g/mol. The zero-order valence-electron chi connectivity index (χ0n) is 6.60. The topological polar surface area (TPSA) is 37.3 Å². The third kappa shape index (κ3) is 13.5. The third-order valence-electron chi connectivity index (χ3n) is 1.49. The van der Waals surface area contributed by atoms with Crippen molar-refractivity contribution in [1.82, 2.24) is 0 Å². The first kappa shape index (κ1) is 14.0. The van der Waals surface area contributed by atoms with E-state index >= 15 is 0 Å². The van der Waals surface area contributed by atoms with Crippen LogP contribution in [0.15, 0.2) is 0 Å². The molecular weight excluding hydrogens is 151 g/mol. The second-order valence-electron chi connectivity index (χ2n) is 2.56. The van der Waals surface area contributed by atoms with Crippen LogP contribution in [0.3, 0.4) is 0 Å². The van der Waals surface area contributed by atoms with Gasteiger partial charge in [-0.25, -0.2) is 0 Å². The Kier molecular flexibility index (Phi) is 13.3. The molecule has 0 heterocycles. The molecule has 1 N–H and O–H groups in total. The number of rotatable bonds is 6. The van der Waals surface area contributed by atoms with E-state index in [9.17, 15) is 4.79 Å². The van der Waals surface area contributed by atoms with E-state index in [4.69, 9.17) is 5.11 Å². The summed E-state index contributed by atoms with van der Waals surface area (Å²) in [6, 6.07) is 0. The molecule has 0 fully saturated rings. The number of carboxylic acids is 1. The fourth-order valence-corrected chi connectivity index (χ4v) is 0.880. The van der Waals surface area contributed by atoms with Crippen molar-refractivity contribution in [2.75, 3.05) is 0 Å². The summed E-state index contributed by atoms with van der Waals surface area (Å²) in [5.41, 5.74) is 0. The number of carbonyl (C=O) groups is 1. The van der Waals surface area contributed by atoms with Crippen molar-refractivity contribution in [1.29, 1.82) is 0 Å². The van der Waals surface area contributed by atoms with Gasteiger partial charge in [-0.15, -0.1) is 0 Å². The number of hydrogen-bond acceptors (Lipinski definition) is 1. The van der Waals surface area contributed by atoms with Crippen molar-refractivity contribution < 1.29 is 9.90 Å². The van der Waals surface area contributed by atoms with Crippen LogP contribution in [-0.2, 0) is 4.79 Å². The van der Waals surface area contributed by atoms with Gasteiger partial charge in [-0.05, 0) is 6.42 Å². The maximum absolute atomic E-state index is 10.0. The summed E-state index contributed by atoms with van der Waals surface area (Å²) in [6.45, 7) is 2.15. The van der Waals surface area contributed by atoms with E-state index in [-0.39, 0.29) is 29.6 Å². The van der Waals surface area contributed by atoms with Crippen LogP contribution in [0.25, 0.3) is 0 Å². The van der Waals surface area contributed by atoms with Crippen LogP contribution in [0.5, 0.6) is 0 Å². The SMILES string of the molecule is CCCCCCCC(=O)O.[NaH]. The molecule has 0 saturated heterocycles. The van der Waals surface area contributed by atoms with Crippen molar-refractivity contribution in [3.8, 4) is 0 Å². The predicted molar refractivity (Wildman–Crippen MR) is 48.2 cm³/mol. The molecule has 2 nitrogen and oxygen atoms in total. The summed E-state index contributed by atoms with van der Waals surface area (Å²) in [5, 5.41) is 8.27. The Labute approximate surface area is 90.7 Å². The fraction of sp³-hybridized carbons (Fsp3) is 0.875. The molecular formula is C8H17NaO2. The first-order valence-corrected chi connectivity index (χ1v) is 3.99. The first-order chi connectivity index (χ1) is 4.77. The average Bonchev–Trinajstić information content (AvgIpc) is 1.87. The summed E-state index contributed by atoms with van der Waals surface area (Å²) in [4.78, 5) is 10.0. The van der Waals surface area contributed by atoms with Crippen LogP contribution in [0.1, 0.15) is 45.4 Å². The quantitative estimate of drug-likeness (QED) is 0.485. The van der Waals surface area contributed by atoms with Crippen LogP contribution >= 0.6 is 0 Å². The molecule has 0 radical (unpaired) electrons. The normalized spacial score (nSPS) is 8.82. The maximum atomic E-state index is 10.0. The van der Waals surface area contributed by atoms with E-state index in [1.807, 2.05) is 0 Å². The summed E-state index contributed by atoms with van der Waals surface area (Å²) in [5.74, 6) is -0.670. The van der Waals surface area contributed by atoms with Crippen molar-refractivity contribution in [3.63, 3.8) is 0 Å². The van der Waals surface area contributed by atoms with Crippen molar-refractivity contribution in [2.45, 2.75) is 45.4 Å². The summed E-state index contributed by atoms with van der Waals surface area (Å²) in [7, 11) is 0. The van der Waals surface area contributed by atoms with E-state index < -0.39 is 5.97 Å². The second-order valence-corrected chi connectivity index (χ2v) is 2.56. The summed E-state index contributed by atoms with van der Waals surface area (Å²) >= 11 is 0. The van der Waals surface area contributed by atoms with E-state index in [1.165, 1.54) is 19.3 Å². The van der Waals surface area contributed by atoms with Gasteiger partial charge < -0.3 is 5.11 Å². The van der Waals surface area contributed by atoms with Gasteiger partial charge in [-0.2, -0.15) is 0 Å². The minimum atomic E-state index is -0.670. The van der Waals surface area contributed by atoms with E-state index in [0.717, 1.165) is 12.8 Å². The molecule has 0 aliphatic heterocycles. The first-order valence-electron chi connectivity index (χ1n) is 3.99. The van der Waals surface area contributed by atoms with Crippen LogP contribution in [0.4, 0.5) is 0 Å². The second kappa shape index (κ2) is 10.5. The Hall–Kier alpha value is 0.470. The zero-order chi connectivity index (χ0) is 7.82. The number of unbranched alkanes of at least 4 members (excludes halogenated alkanes) is 4. The van der Waals surface area contributed by atoms with E-state index in [2.05, 4.69) is 6.92 Å². The number of hydrogen-bond donors (Lipinski definition) is 1. The van der Waals surface area contributed by atoms with Crippen molar-refractivity contribution in [2.24, 2.45) is 0 Å². The molecule has 0 aromatic carbocycles. The van der Waals surface area contributed by atoms with E-state index in [1.54, 1.807) is 0 Å². The van der Waals surface area contributed by atoms with Gasteiger partial charge in [0.1, 0.15) is 0 Å². The Bertz CT molecular complexity index is 94.1. The standard InChI is InChI=1S/C8H16O2.Na.H/c1-2-3-4-5-6-7-8(9)10;;/h2-7H2,1H3,(H,9,10);;.